The van der Waals surface area contributed by atoms with Gasteiger partial charge in [-0.05, 0) is 29.9 Å². The van der Waals surface area contributed by atoms with E-state index >= 15 is 0 Å². The molecule has 0 aliphatic carbocycles. The fraction of sp³-hybridized carbons (Fsp3) is 0.385. The first-order chi connectivity index (χ1) is 8.66. The van der Waals surface area contributed by atoms with Crippen molar-refractivity contribution in [2.75, 3.05) is 11.5 Å². The number of aromatic carboxylic acids is 1. The number of benzene rings is 1. The van der Waals surface area contributed by atoms with Crippen LogP contribution < -0.4 is 5.32 Å². The largest absolute Gasteiger partial charge is 0.478 e. The smallest absolute Gasteiger partial charge is 0.335 e. The molecular formula is C13H15NO3S. The highest BCUT2D eigenvalue weighted by Crippen LogP contribution is 2.23. The molecule has 0 bridgehead atoms. The second-order valence-electron chi connectivity index (χ2n) is 4.28. The molecule has 18 heavy (non-hydrogen) atoms. The van der Waals surface area contributed by atoms with Gasteiger partial charge in [-0.15, -0.1) is 0 Å². The van der Waals surface area contributed by atoms with Gasteiger partial charge in [0.25, 0.3) is 0 Å². The molecule has 5 heteroatoms. The highest BCUT2D eigenvalue weighted by Gasteiger charge is 2.22. The molecule has 2 rings (SSSR count). The van der Waals surface area contributed by atoms with Crippen LogP contribution in [0.4, 0.5) is 0 Å². The zero-order valence-corrected chi connectivity index (χ0v) is 10.7. The lowest BCUT2D eigenvalue weighted by molar-refractivity contribution is -0.124. The molecule has 0 radical (unpaired) electrons. The third-order valence-electron chi connectivity index (χ3n) is 2.97. The molecule has 1 aromatic carbocycles. The highest BCUT2D eigenvalue weighted by molar-refractivity contribution is 7.99. The third kappa shape index (κ3) is 3.26. The maximum absolute atomic E-state index is 11.8. The van der Waals surface area contributed by atoms with E-state index in [-0.39, 0.29) is 17.4 Å². The number of hydrogen-bond donors (Lipinski definition) is 2. The van der Waals surface area contributed by atoms with Crippen molar-refractivity contribution in [1.29, 1.82) is 0 Å². The molecule has 1 aromatic rings. The molecule has 1 heterocycles. The van der Waals surface area contributed by atoms with Crippen molar-refractivity contribution >= 4 is 23.6 Å². The van der Waals surface area contributed by atoms with Gasteiger partial charge in [0.05, 0.1) is 5.56 Å². The Labute approximate surface area is 110 Å². The third-order valence-corrected chi connectivity index (χ3v) is 4.13. The summed E-state index contributed by atoms with van der Waals surface area (Å²) in [5.74, 6) is 1.26. The zero-order valence-electron chi connectivity index (χ0n) is 9.89. The van der Waals surface area contributed by atoms with Gasteiger partial charge in [-0.3, -0.25) is 4.79 Å². The summed E-state index contributed by atoms with van der Waals surface area (Å²) in [4.78, 5) is 22.5. The molecule has 2 N–H and O–H groups in total. The maximum atomic E-state index is 11.8. The predicted molar refractivity (Wildman–Crippen MR) is 70.7 cm³/mol. The Kier molecular flexibility index (Phi) is 4.25. The van der Waals surface area contributed by atoms with E-state index in [1.807, 2.05) is 11.8 Å². The summed E-state index contributed by atoms with van der Waals surface area (Å²) in [5.41, 5.74) is 1.18. The van der Waals surface area contributed by atoms with Crippen molar-refractivity contribution in [3.8, 4) is 0 Å². The quantitative estimate of drug-likeness (QED) is 0.870. The Hall–Kier alpha value is -1.49. The first-order valence-electron chi connectivity index (χ1n) is 5.84. The number of thioether (sulfide) groups is 1. The van der Waals surface area contributed by atoms with Gasteiger partial charge in [0, 0.05) is 18.2 Å². The van der Waals surface area contributed by atoms with Crippen LogP contribution in [0.3, 0.4) is 0 Å². The lowest BCUT2D eigenvalue weighted by Gasteiger charge is -2.09. The van der Waals surface area contributed by atoms with Crippen LogP contribution >= 0.6 is 11.8 Å². The SMILES string of the molecule is O=C(O)c1ccc(CNC(=O)C2CCSC2)cc1. The molecule has 0 saturated carbocycles. The number of nitrogens with one attached hydrogen (secondary N) is 1. The van der Waals surface area contributed by atoms with Gasteiger partial charge in [0.1, 0.15) is 0 Å². The molecular weight excluding hydrogens is 250 g/mol. The molecule has 1 aliphatic heterocycles. The number of carbonyl (C=O) groups excluding carboxylic acids is 1. The first kappa shape index (κ1) is 13.0. The summed E-state index contributed by atoms with van der Waals surface area (Å²) in [7, 11) is 0. The zero-order chi connectivity index (χ0) is 13.0. The Balaban J connectivity index is 1.86. The molecule has 1 amide bonds. The molecule has 4 nitrogen and oxygen atoms in total. The number of amides is 1. The van der Waals surface area contributed by atoms with Crippen molar-refractivity contribution in [2.24, 2.45) is 5.92 Å². The fourth-order valence-corrected chi connectivity index (χ4v) is 3.06. The van der Waals surface area contributed by atoms with E-state index in [2.05, 4.69) is 5.32 Å². The van der Waals surface area contributed by atoms with E-state index in [0.29, 0.717) is 6.54 Å². The normalized spacial score (nSPS) is 18.6. The minimum Gasteiger partial charge on any atom is -0.478 e. The number of carbonyl (C=O) groups is 2. The summed E-state index contributed by atoms with van der Waals surface area (Å²) >= 11 is 1.81. The Bertz CT molecular complexity index is 438. The summed E-state index contributed by atoms with van der Waals surface area (Å²) in [6.07, 6.45) is 0.953. The minimum atomic E-state index is -0.937. The van der Waals surface area contributed by atoms with Crippen LogP contribution in [0.25, 0.3) is 0 Å². The number of carboxylic acid groups (broad SMARTS) is 1. The summed E-state index contributed by atoms with van der Waals surface area (Å²) in [6.45, 7) is 0.458. The average molecular weight is 265 g/mol. The number of hydrogen-bond acceptors (Lipinski definition) is 3. The standard InChI is InChI=1S/C13H15NO3S/c15-12(11-5-6-18-8-11)14-7-9-1-3-10(4-2-9)13(16)17/h1-4,11H,5-8H2,(H,14,15)(H,16,17). The molecule has 1 atom stereocenters. The number of rotatable bonds is 4. The van der Waals surface area contributed by atoms with E-state index < -0.39 is 5.97 Å². The lowest BCUT2D eigenvalue weighted by Crippen LogP contribution is -2.30. The Morgan fingerprint density at radius 3 is 2.61 bits per heavy atom. The highest BCUT2D eigenvalue weighted by atomic mass is 32.2. The molecule has 1 fully saturated rings. The summed E-state index contributed by atoms with van der Waals surface area (Å²) in [6, 6.07) is 6.56. The van der Waals surface area contributed by atoms with Crippen LogP contribution in [-0.2, 0) is 11.3 Å². The van der Waals surface area contributed by atoms with Crippen molar-refractivity contribution in [3.63, 3.8) is 0 Å². The topological polar surface area (TPSA) is 66.4 Å². The van der Waals surface area contributed by atoms with Gasteiger partial charge in [-0.2, -0.15) is 11.8 Å². The maximum Gasteiger partial charge on any atom is 0.335 e. The molecule has 1 saturated heterocycles. The lowest BCUT2D eigenvalue weighted by atomic mass is 10.1. The van der Waals surface area contributed by atoms with Crippen LogP contribution in [0, 0.1) is 5.92 Å². The van der Waals surface area contributed by atoms with E-state index in [1.165, 1.54) is 0 Å². The molecule has 1 aliphatic rings. The van der Waals surface area contributed by atoms with Gasteiger partial charge in [0.15, 0.2) is 0 Å². The fourth-order valence-electron chi connectivity index (χ4n) is 1.84. The van der Waals surface area contributed by atoms with Crippen LogP contribution in [0.15, 0.2) is 24.3 Å². The van der Waals surface area contributed by atoms with E-state index in [9.17, 15) is 9.59 Å². The number of carboxylic acids is 1. The van der Waals surface area contributed by atoms with Crippen LogP contribution in [0.2, 0.25) is 0 Å². The Morgan fingerprint density at radius 1 is 1.33 bits per heavy atom. The second-order valence-corrected chi connectivity index (χ2v) is 5.43. The van der Waals surface area contributed by atoms with Crippen LogP contribution in [-0.4, -0.2) is 28.5 Å². The van der Waals surface area contributed by atoms with Crippen molar-refractivity contribution in [3.05, 3.63) is 35.4 Å². The second kappa shape index (κ2) is 5.91. The van der Waals surface area contributed by atoms with Crippen molar-refractivity contribution < 1.29 is 14.7 Å². The molecule has 0 spiro atoms. The average Bonchev–Trinajstić information content (AvgIpc) is 2.90. The van der Waals surface area contributed by atoms with Gasteiger partial charge < -0.3 is 10.4 Å². The predicted octanol–water partition coefficient (Wildman–Crippen LogP) is 1.75. The van der Waals surface area contributed by atoms with Gasteiger partial charge in [-0.1, -0.05) is 12.1 Å². The van der Waals surface area contributed by atoms with Crippen molar-refractivity contribution in [2.45, 2.75) is 13.0 Å². The van der Waals surface area contributed by atoms with Crippen LogP contribution in [0.5, 0.6) is 0 Å². The van der Waals surface area contributed by atoms with Crippen LogP contribution in [0.1, 0.15) is 22.3 Å². The van der Waals surface area contributed by atoms with E-state index in [4.69, 9.17) is 5.11 Å². The summed E-state index contributed by atoms with van der Waals surface area (Å²) < 4.78 is 0. The van der Waals surface area contributed by atoms with E-state index in [0.717, 1.165) is 23.5 Å². The first-order valence-corrected chi connectivity index (χ1v) is 7.00. The van der Waals surface area contributed by atoms with Crippen molar-refractivity contribution in [1.82, 2.24) is 5.32 Å². The Morgan fingerprint density at radius 2 is 2.06 bits per heavy atom. The van der Waals surface area contributed by atoms with Gasteiger partial charge in [-0.25, -0.2) is 4.79 Å². The molecule has 96 valence electrons. The molecule has 1 unspecified atom stereocenters. The van der Waals surface area contributed by atoms with E-state index in [1.54, 1.807) is 24.3 Å². The van der Waals surface area contributed by atoms with Gasteiger partial charge in [0.2, 0.25) is 5.91 Å². The van der Waals surface area contributed by atoms with Gasteiger partial charge >= 0.3 is 5.97 Å². The summed E-state index contributed by atoms with van der Waals surface area (Å²) in [5, 5.41) is 11.7. The minimum absolute atomic E-state index is 0.0994. The monoisotopic (exact) mass is 265 g/mol. The molecule has 0 aromatic heterocycles.